The van der Waals surface area contributed by atoms with Gasteiger partial charge in [0.1, 0.15) is 0 Å². The van der Waals surface area contributed by atoms with Gasteiger partial charge in [-0.15, -0.1) is 0 Å². The highest BCUT2D eigenvalue weighted by molar-refractivity contribution is 5.29. The Morgan fingerprint density at radius 3 is 2.67 bits per heavy atom. The molecule has 1 fully saturated rings. The van der Waals surface area contributed by atoms with Crippen molar-refractivity contribution < 1.29 is 4.74 Å². The van der Waals surface area contributed by atoms with Crippen molar-refractivity contribution in [2.75, 3.05) is 13.7 Å². The number of benzene rings is 1. The summed E-state index contributed by atoms with van der Waals surface area (Å²) in [5.74, 6) is 0. The van der Waals surface area contributed by atoms with Crippen molar-refractivity contribution >= 4 is 0 Å². The number of piperidine rings is 1. The number of hydrogen-bond acceptors (Lipinski definition) is 2. The molecule has 0 spiro atoms. The second-order valence-corrected chi connectivity index (χ2v) is 4.25. The van der Waals surface area contributed by atoms with Gasteiger partial charge in [0.25, 0.3) is 0 Å². The standard InChI is InChI=1S/C13H19NO/c1-10-5-3-4-6-12(10)13-8-7-11(15-2)9-14-13/h3-6,11,13-14H,7-9H2,1-2H3. The highest BCUT2D eigenvalue weighted by Crippen LogP contribution is 2.26. The normalized spacial score (nSPS) is 26.5. The average Bonchev–Trinajstić information content (AvgIpc) is 2.30. The van der Waals surface area contributed by atoms with E-state index in [0.29, 0.717) is 12.1 Å². The minimum Gasteiger partial charge on any atom is -0.380 e. The Balaban J connectivity index is 2.04. The van der Waals surface area contributed by atoms with Crippen molar-refractivity contribution in [2.45, 2.75) is 31.9 Å². The Hall–Kier alpha value is -0.860. The molecule has 0 aromatic heterocycles. The summed E-state index contributed by atoms with van der Waals surface area (Å²) >= 11 is 0. The van der Waals surface area contributed by atoms with E-state index in [0.717, 1.165) is 13.0 Å². The highest BCUT2D eigenvalue weighted by Gasteiger charge is 2.21. The number of hydrogen-bond donors (Lipinski definition) is 1. The maximum Gasteiger partial charge on any atom is 0.0696 e. The number of rotatable bonds is 2. The van der Waals surface area contributed by atoms with Crippen LogP contribution in [0.2, 0.25) is 0 Å². The van der Waals surface area contributed by atoms with Crippen LogP contribution in [0.1, 0.15) is 30.0 Å². The van der Waals surface area contributed by atoms with E-state index in [1.165, 1.54) is 17.5 Å². The van der Waals surface area contributed by atoms with Crippen molar-refractivity contribution in [3.05, 3.63) is 35.4 Å². The Labute approximate surface area is 91.6 Å². The summed E-state index contributed by atoms with van der Waals surface area (Å²) in [5.41, 5.74) is 2.82. The summed E-state index contributed by atoms with van der Waals surface area (Å²) in [4.78, 5) is 0. The van der Waals surface area contributed by atoms with Crippen LogP contribution in [0.4, 0.5) is 0 Å². The van der Waals surface area contributed by atoms with Gasteiger partial charge in [-0.3, -0.25) is 0 Å². The van der Waals surface area contributed by atoms with Gasteiger partial charge in [0.05, 0.1) is 6.10 Å². The van der Waals surface area contributed by atoms with Crippen molar-refractivity contribution in [3.63, 3.8) is 0 Å². The summed E-state index contributed by atoms with van der Waals surface area (Å²) in [6, 6.07) is 9.13. The zero-order valence-electron chi connectivity index (χ0n) is 9.49. The molecule has 2 atom stereocenters. The largest absolute Gasteiger partial charge is 0.380 e. The Morgan fingerprint density at radius 2 is 2.07 bits per heavy atom. The first-order valence-electron chi connectivity index (χ1n) is 5.63. The monoisotopic (exact) mass is 205 g/mol. The van der Waals surface area contributed by atoms with Gasteiger partial charge in [0, 0.05) is 19.7 Å². The number of methoxy groups -OCH3 is 1. The minimum atomic E-state index is 0.394. The molecule has 1 aromatic rings. The van der Waals surface area contributed by atoms with E-state index in [4.69, 9.17) is 4.74 Å². The molecule has 1 aliphatic heterocycles. The van der Waals surface area contributed by atoms with Gasteiger partial charge in [-0.05, 0) is 30.9 Å². The topological polar surface area (TPSA) is 21.3 Å². The molecule has 2 rings (SSSR count). The summed E-state index contributed by atoms with van der Waals surface area (Å²) < 4.78 is 5.34. The van der Waals surface area contributed by atoms with Crippen LogP contribution < -0.4 is 5.32 Å². The Bertz CT molecular complexity index is 316. The van der Waals surface area contributed by atoms with Gasteiger partial charge in [-0.25, -0.2) is 0 Å². The first-order valence-corrected chi connectivity index (χ1v) is 5.63. The van der Waals surface area contributed by atoms with E-state index in [9.17, 15) is 0 Å². The lowest BCUT2D eigenvalue weighted by atomic mass is 9.93. The zero-order chi connectivity index (χ0) is 10.7. The average molecular weight is 205 g/mol. The Kier molecular flexibility index (Phi) is 3.39. The van der Waals surface area contributed by atoms with Crippen LogP contribution in [0.15, 0.2) is 24.3 Å². The fourth-order valence-corrected chi connectivity index (χ4v) is 2.27. The third-order valence-corrected chi connectivity index (χ3v) is 3.27. The van der Waals surface area contributed by atoms with Gasteiger partial charge in [0.15, 0.2) is 0 Å². The first kappa shape index (κ1) is 10.7. The third-order valence-electron chi connectivity index (χ3n) is 3.27. The molecule has 1 N–H and O–H groups in total. The molecule has 0 radical (unpaired) electrons. The van der Waals surface area contributed by atoms with Crippen molar-refractivity contribution in [2.24, 2.45) is 0 Å². The van der Waals surface area contributed by atoms with Gasteiger partial charge in [-0.1, -0.05) is 24.3 Å². The predicted molar refractivity (Wildman–Crippen MR) is 62.0 cm³/mol. The fraction of sp³-hybridized carbons (Fsp3) is 0.538. The lowest BCUT2D eigenvalue weighted by molar-refractivity contribution is 0.0704. The number of nitrogens with one attached hydrogen (secondary N) is 1. The van der Waals surface area contributed by atoms with Crippen LogP contribution in [0.3, 0.4) is 0 Å². The molecule has 0 aliphatic carbocycles. The molecule has 2 unspecified atom stereocenters. The summed E-state index contributed by atoms with van der Waals surface area (Å²) in [6.45, 7) is 3.15. The quantitative estimate of drug-likeness (QED) is 0.800. The first-order chi connectivity index (χ1) is 7.31. The summed E-state index contributed by atoms with van der Waals surface area (Å²) in [6.07, 6.45) is 2.72. The smallest absolute Gasteiger partial charge is 0.0696 e. The van der Waals surface area contributed by atoms with E-state index in [1.54, 1.807) is 7.11 Å². The molecule has 15 heavy (non-hydrogen) atoms. The second-order valence-electron chi connectivity index (χ2n) is 4.25. The van der Waals surface area contributed by atoms with Crippen molar-refractivity contribution in [1.82, 2.24) is 5.32 Å². The molecule has 1 heterocycles. The molecule has 1 saturated heterocycles. The summed E-state index contributed by atoms with van der Waals surface area (Å²) in [5, 5.41) is 3.55. The van der Waals surface area contributed by atoms with Crippen LogP contribution >= 0.6 is 0 Å². The molecule has 2 heteroatoms. The molecule has 0 amide bonds. The van der Waals surface area contributed by atoms with E-state index < -0.39 is 0 Å². The third kappa shape index (κ3) is 2.39. The lowest BCUT2D eigenvalue weighted by Crippen LogP contribution is -2.37. The zero-order valence-corrected chi connectivity index (χ0v) is 9.49. The SMILES string of the molecule is COC1CCC(c2ccccc2C)NC1. The predicted octanol–water partition coefficient (Wildman–Crippen LogP) is 2.43. The van der Waals surface area contributed by atoms with Gasteiger partial charge in [-0.2, -0.15) is 0 Å². The molecular weight excluding hydrogens is 186 g/mol. The molecule has 0 bridgehead atoms. The lowest BCUT2D eigenvalue weighted by Gasteiger charge is -2.30. The van der Waals surface area contributed by atoms with Gasteiger partial charge < -0.3 is 10.1 Å². The van der Waals surface area contributed by atoms with E-state index >= 15 is 0 Å². The van der Waals surface area contributed by atoms with Gasteiger partial charge >= 0.3 is 0 Å². The number of ether oxygens (including phenoxy) is 1. The van der Waals surface area contributed by atoms with E-state index in [1.807, 2.05) is 0 Å². The Morgan fingerprint density at radius 1 is 1.27 bits per heavy atom. The molecule has 82 valence electrons. The van der Waals surface area contributed by atoms with Crippen molar-refractivity contribution in [3.8, 4) is 0 Å². The summed E-state index contributed by atoms with van der Waals surface area (Å²) in [7, 11) is 1.79. The second kappa shape index (κ2) is 4.77. The van der Waals surface area contributed by atoms with E-state index in [-0.39, 0.29) is 0 Å². The molecule has 0 saturated carbocycles. The van der Waals surface area contributed by atoms with Crippen LogP contribution in [-0.2, 0) is 4.74 Å². The van der Waals surface area contributed by atoms with E-state index in [2.05, 4.69) is 36.5 Å². The van der Waals surface area contributed by atoms with Gasteiger partial charge in [0.2, 0.25) is 0 Å². The fourth-order valence-electron chi connectivity index (χ4n) is 2.27. The highest BCUT2D eigenvalue weighted by atomic mass is 16.5. The molecule has 2 nitrogen and oxygen atoms in total. The minimum absolute atomic E-state index is 0.394. The van der Waals surface area contributed by atoms with Crippen LogP contribution in [0.25, 0.3) is 0 Å². The molecule has 1 aromatic carbocycles. The van der Waals surface area contributed by atoms with Crippen LogP contribution in [0, 0.1) is 6.92 Å². The maximum absolute atomic E-state index is 5.34. The van der Waals surface area contributed by atoms with Crippen molar-refractivity contribution in [1.29, 1.82) is 0 Å². The van der Waals surface area contributed by atoms with Crippen LogP contribution in [-0.4, -0.2) is 19.8 Å². The molecule has 1 aliphatic rings. The number of aryl methyl sites for hydroxylation is 1. The molecular formula is C13H19NO. The van der Waals surface area contributed by atoms with Crippen LogP contribution in [0.5, 0.6) is 0 Å². The maximum atomic E-state index is 5.34.